The molecule has 3 aromatic rings. The minimum Gasteiger partial charge on any atom is -0.337 e. The van der Waals surface area contributed by atoms with Gasteiger partial charge in [-0.2, -0.15) is 28.4 Å². The summed E-state index contributed by atoms with van der Waals surface area (Å²) in [5.41, 5.74) is -0.912. The first-order valence-electron chi connectivity index (χ1n) is 11.1. The lowest BCUT2D eigenvalue weighted by Crippen LogP contribution is -2.52. The highest BCUT2D eigenvalue weighted by Gasteiger charge is 2.35. The Balaban J connectivity index is 1.27. The molecule has 15 heteroatoms. The van der Waals surface area contributed by atoms with Crippen molar-refractivity contribution in [3.63, 3.8) is 0 Å². The number of carbonyl (C=O) groups is 1. The number of halogens is 6. The number of hydrogen-bond acceptors (Lipinski definition) is 6. The Bertz CT molecular complexity index is 1330. The van der Waals surface area contributed by atoms with Gasteiger partial charge in [0.2, 0.25) is 5.95 Å². The number of hydrogen-bond donors (Lipinski definition) is 0. The van der Waals surface area contributed by atoms with Crippen molar-refractivity contribution in [2.45, 2.75) is 18.6 Å². The van der Waals surface area contributed by atoms with Gasteiger partial charge in [0.15, 0.2) is 17.3 Å². The average Bonchev–Trinajstić information content (AvgIpc) is 3.54. The highest BCUT2D eigenvalue weighted by molar-refractivity contribution is 5.78. The second kappa shape index (κ2) is 9.37. The predicted molar refractivity (Wildman–Crippen MR) is 117 cm³/mol. The van der Waals surface area contributed by atoms with Crippen molar-refractivity contribution < 1.29 is 31.1 Å². The van der Waals surface area contributed by atoms with Gasteiger partial charge < -0.3 is 9.80 Å². The maximum atomic E-state index is 14.3. The van der Waals surface area contributed by atoms with E-state index in [2.05, 4.69) is 20.2 Å². The van der Waals surface area contributed by atoms with E-state index in [0.717, 1.165) is 30.6 Å². The van der Waals surface area contributed by atoms with E-state index in [-0.39, 0.29) is 37.7 Å². The first kappa shape index (κ1) is 24.5. The molecule has 1 saturated heterocycles. The molecule has 1 aromatic carbocycles. The molecule has 1 atom stereocenters. The molecule has 9 nitrogen and oxygen atoms in total. The van der Waals surface area contributed by atoms with Crippen molar-refractivity contribution >= 4 is 18.2 Å². The number of aromatic nitrogens is 4. The lowest BCUT2D eigenvalue weighted by Gasteiger charge is -2.37. The van der Waals surface area contributed by atoms with E-state index >= 15 is 0 Å². The fourth-order valence-corrected chi connectivity index (χ4v) is 4.14. The van der Waals surface area contributed by atoms with Gasteiger partial charge in [0, 0.05) is 51.1 Å². The molecule has 0 bridgehead atoms. The second-order valence-corrected chi connectivity index (χ2v) is 8.34. The summed E-state index contributed by atoms with van der Waals surface area (Å²) >= 11 is 0. The number of anilines is 1. The third-order valence-corrected chi connectivity index (χ3v) is 5.94. The van der Waals surface area contributed by atoms with Gasteiger partial charge in [-0.3, -0.25) is 0 Å². The highest BCUT2D eigenvalue weighted by Crippen LogP contribution is 2.31. The number of benzene rings is 1. The smallest absolute Gasteiger partial charge is 0.337 e. The van der Waals surface area contributed by atoms with Gasteiger partial charge in [0.05, 0.1) is 12.2 Å². The van der Waals surface area contributed by atoms with E-state index in [1.165, 1.54) is 16.1 Å². The van der Waals surface area contributed by atoms with Crippen LogP contribution in [-0.4, -0.2) is 68.1 Å². The van der Waals surface area contributed by atoms with Crippen molar-refractivity contribution in [3.05, 3.63) is 65.4 Å². The third kappa shape index (κ3) is 4.93. The normalized spacial score (nSPS) is 18.1. The molecule has 0 saturated carbocycles. The second-order valence-electron chi connectivity index (χ2n) is 8.34. The van der Waals surface area contributed by atoms with E-state index in [1.54, 1.807) is 4.90 Å². The molecule has 2 amide bonds. The largest absolute Gasteiger partial charge is 0.435 e. The molecule has 0 N–H and O–H groups in total. The summed E-state index contributed by atoms with van der Waals surface area (Å²) in [4.78, 5) is 24.2. The summed E-state index contributed by atoms with van der Waals surface area (Å²) in [6.45, 7) is 0.872. The summed E-state index contributed by atoms with van der Waals surface area (Å²) in [7, 11) is 0. The predicted octanol–water partition coefficient (Wildman–Crippen LogP) is 3.77. The molecule has 37 heavy (non-hydrogen) atoms. The summed E-state index contributed by atoms with van der Waals surface area (Å²) in [5, 5.41) is 8.60. The number of hydrazone groups is 1. The van der Waals surface area contributed by atoms with E-state index in [4.69, 9.17) is 0 Å². The molecule has 4 heterocycles. The van der Waals surface area contributed by atoms with Gasteiger partial charge in [-0.1, -0.05) is 0 Å². The summed E-state index contributed by atoms with van der Waals surface area (Å²) in [5.74, 6) is -2.87. The van der Waals surface area contributed by atoms with Crippen LogP contribution in [0.2, 0.25) is 0 Å². The fourth-order valence-electron chi connectivity index (χ4n) is 4.14. The van der Waals surface area contributed by atoms with Crippen LogP contribution in [0.3, 0.4) is 0 Å². The molecule has 5 rings (SSSR count). The van der Waals surface area contributed by atoms with E-state index in [0.29, 0.717) is 17.2 Å². The summed E-state index contributed by atoms with van der Waals surface area (Å²) in [6, 6.07) is 2.64. The van der Waals surface area contributed by atoms with Crippen LogP contribution in [-0.2, 0) is 6.18 Å². The Morgan fingerprint density at radius 1 is 1.00 bits per heavy atom. The minimum absolute atomic E-state index is 0.0554. The van der Waals surface area contributed by atoms with Gasteiger partial charge in [0.25, 0.3) is 0 Å². The Morgan fingerprint density at radius 3 is 2.35 bits per heavy atom. The van der Waals surface area contributed by atoms with Crippen LogP contribution in [0, 0.1) is 17.5 Å². The first-order chi connectivity index (χ1) is 17.6. The van der Waals surface area contributed by atoms with Crippen LogP contribution in [0.1, 0.15) is 23.7 Å². The van der Waals surface area contributed by atoms with Crippen LogP contribution in [0.15, 0.2) is 41.8 Å². The van der Waals surface area contributed by atoms with Crippen molar-refractivity contribution in [1.82, 2.24) is 29.7 Å². The van der Waals surface area contributed by atoms with Crippen molar-refractivity contribution in [2.24, 2.45) is 5.10 Å². The average molecular weight is 524 g/mol. The number of alkyl halides is 3. The molecule has 0 aliphatic carbocycles. The quantitative estimate of drug-likeness (QED) is 0.488. The molecule has 0 spiro atoms. The standard InChI is InChI=1S/C22H18F6N8O/c23-14-9-13(10-15(24)11-14)17-1-3-30-36(17)21(37)34-7-5-33(6-8-34)20-29-12-16(25)19(31-20)35-4-2-18(32-35)22(26,27)28/h2-4,9-12,17H,1,5-8H2. The lowest BCUT2D eigenvalue weighted by molar-refractivity contribution is -0.141. The molecular formula is C22H18F6N8O. The molecule has 2 aliphatic rings. The molecule has 2 aromatic heterocycles. The lowest BCUT2D eigenvalue weighted by atomic mass is 10.0. The van der Waals surface area contributed by atoms with Crippen molar-refractivity contribution in [3.8, 4) is 5.82 Å². The van der Waals surface area contributed by atoms with Crippen molar-refractivity contribution in [2.75, 3.05) is 31.1 Å². The molecule has 1 fully saturated rings. The zero-order valence-corrected chi connectivity index (χ0v) is 18.9. The van der Waals surface area contributed by atoms with Gasteiger partial charge in [0.1, 0.15) is 11.6 Å². The Labute approximate surface area is 205 Å². The minimum atomic E-state index is -4.69. The van der Waals surface area contributed by atoms with E-state index in [1.807, 2.05) is 0 Å². The van der Waals surface area contributed by atoms with Gasteiger partial charge in [-0.05, 0) is 23.8 Å². The van der Waals surface area contributed by atoms with Gasteiger partial charge >= 0.3 is 12.2 Å². The molecular weight excluding hydrogens is 506 g/mol. The maximum Gasteiger partial charge on any atom is 0.435 e. The molecule has 1 unspecified atom stereocenters. The number of carbonyl (C=O) groups excluding carboxylic acids is 1. The van der Waals surface area contributed by atoms with Gasteiger partial charge in [-0.25, -0.2) is 32.6 Å². The Hall–Kier alpha value is -4.17. The van der Waals surface area contributed by atoms with Gasteiger partial charge in [-0.15, -0.1) is 0 Å². The third-order valence-electron chi connectivity index (χ3n) is 5.94. The zero-order chi connectivity index (χ0) is 26.3. The molecule has 194 valence electrons. The Kier molecular flexibility index (Phi) is 6.21. The van der Waals surface area contributed by atoms with E-state index < -0.39 is 47.2 Å². The van der Waals surface area contributed by atoms with Crippen LogP contribution < -0.4 is 4.90 Å². The number of amides is 2. The maximum absolute atomic E-state index is 14.3. The van der Waals surface area contributed by atoms with Crippen LogP contribution in [0.4, 0.5) is 37.1 Å². The fraction of sp³-hybridized carbons (Fsp3) is 0.318. The number of urea groups is 1. The monoisotopic (exact) mass is 524 g/mol. The summed E-state index contributed by atoms with van der Waals surface area (Å²) < 4.78 is 81.0. The number of piperazine rings is 1. The van der Waals surface area contributed by atoms with Crippen molar-refractivity contribution in [1.29, 1.82) is 0 Å². The van der Waals surface area contributed by atoms with Crippen LogP contribution >= 0.6 is 0 Å². The van der Waals surface area contributed by atoms with Crippen LogP contribution in [0.5, 0.6) is 0 Å². The van der Waals surface area contributed by atoms with Crippen LogP contribution in [0.25, 0.3) is 5.82 Å². The van der Waals surface area contributed by atoms with E-state index in [9.17, 15) is 31.1 Å². The Morgan fingerprint density at radius 2 is 1.70 bits per heavy atom. The molecule has 0 radical (unpaired) electrons. The number of rotatable bonds is 3. The highest BCUT2D eigenvalue weighted by atomic mass is 19.4. The number of nitrogens with zero attached hydrogens (tertiary/aromatic N) is 8. The topological polar surface area (TPSA) is 82.8 Å². The zero-order valence-electron chi connectivity index (χ0n) is 18.9. The summed E-state index contributed by atoms with van der Waals surface area (Å²) in [6.07, 6.45) is -1.11. The SMILES string of the molecule is O=C(N1CCN(c2ncc(F)c(-n3ccc(C(F)(F)F)n3)n2)CC1)N1N=CCC1c1cc(F)cc(F)c1. The molecule has 2 aliphatic heterocycles. The first-order valence-corrected chi connectivity index (χ1v) is 11.1.